The Morgan fingerprint density at radius 2 is 1.85 bits per heavy atom. The molecule has 0 unspecified atom stereocenters. The van der Waals surface area contributed by atoms with Gasteiger partial charge in [0.25, 0.3) is 0 Å². The summed E-state index contributed by atoms with van der Waals surface area (Å²) in [7, 11) is 2.17. The number of amides is 1. The Kier molecular flexibility index (Phi) is 5.88. The molecule has 0 radical (unpaired) electrons. The van der Waals surface area contributed by atoms with Crippen LogP contribution in [-0.2, 0) is 11.3 Å². The van der Waals surface area contributed by atoms with Crippen molar-refractivity contribution >= 4 is 24.2 Å². The SMILES string of the molecule is CN1CCN(Cc2ccc(NC(=O)CCS)cc2)CC1. The van der Waals surface area contributed by atoms with Crippen molar-refractivity contribution in [2.75, 3.05) is 44.3 Å². The van der Waals surface area contributed by atoms with Crippen LogP contribution in [0.25, 0.3) is 0 Å². The van der Waals surface area contributed by atoms with Crippen molar-refractivity contribution in [2.24, 2.45) is 0 Å². The molecule has 1 heterocycles. The standard InChI is InChI=1S/C15H23N3OS/c1-17-7-9-18(10-8-17)12-13-2-4-14(5-3-13)16-15(19)6-11-20/h2-5,20H,6-12H2,1H3,(H,16,19). The van der Waals surface area contributed by atoms with Gasteiger partial charge in [0, 0.05) is 44.8 Å². The number of hydrogen-bond donors (Lipinski definition) is 2. The van der Waals surface area contributed by atoms with Gasteiger partial charge in [-0.15, -0.1) is 0 Å². The predicted molar refractivity (Wildman–Crippen MR) is 86.3 cm³/mol. The number of carbonyl (C=O) groups excluding carboxylic acids is 1. The van der Waals surface area contributed by atoms with E-state index in [1.807, 2.05) is 12.1 Å². The molecule has 2 rings (SSSR count). The van der Waals surface area contributed by atoms with Gasteiger partial charge in [-0.2, -0.15) is 12.6 Å². The molecule has 20 heavy (non-hydrogen) atoms. The zero-order valence-electron chi connectivity index (χ0n) is 12.0. The topological polar surface area (TPSA) is 35.6 Å². The second-order valence-corrected chi connectivity index (χ2v) is 5.75. The molecule has 1 saturated heterocycles. The molecule has 1 aromatic rings. The molecule has 4 nitrogen and oxygen atoms in total. The lowest BCUT2D eigenvalue weighted by atomic mass is 10.1. The minimum absolute atomic E-state index is 0.0202. The van der Waals surface area contributed by atoms with Crippen molar-refractivity contribution in [1.82, 2.24) is 9.80 Å². The molecule has 1 N–H and O–H groups in total. The van der Waals surface area contributed by atoms with E-state index in [4.69, 9.17) is 0 Å². The van der Waals surface area contributed by atoms with Crippen LogP contribution in [0.2, 0.25) is 0 Å². The van der Waals surface area contributed by atoms with Crippen LogP contribution >= 0.6 is 12.6 Å². The highest BCUT2D eigenvalue weighted by Crippen LogP contribution is 2.13. The van der Waals surface area contributed by atoms with Gasteiger partial charge in [0.05, 0.1) is 0 Å². The molecular formula is C15H23N3OS. The van der Waals surface area contributed by atoms with Crippen LogP contribution in [0.4, 0.5) is 5.69 Å². The zero-order valence-corrected chi connectivity index (χ0v) is 12.9. The summed E-state index contributed by atoms with van der Waals surface area (Å²) in [6, 6.07) is 8.13. The van der Waals surface area contributed by atoms with Gasteiger partial charge in [-0.1, -0.05) is 12.1 Å². The molecular weight excluding hydrogens is 270 g/mol. The zero-order chi connectivity index (χ0) is 14.4. The summed E-state index contributed by atoms with van der Waals surface area (Å²) in [4.78, 5) is 16.3. The summed E-state index contributed by atoms with van der Waals surface area (Å²) in [6.45, 7) is 5.50. The van der Waals surface area contributed by atoms with E-state index in [0.29, 0.717) is 12.2 Å². The van der Waals surface area contributed by atoms with E-state index >= 15 is 0 Å². The Labute approximate surface area is 126 Å². The average Bonchev–Trinajstić information content (AvgIpc) is 2.44. The maximum Gasteiger partial charge on any atom is 0.225 e. The molecule has 1 aromatic carbocycles. The van der Waals surface area contributed by atoms with E-state index in [2.05, 4.69) is 46.9 Å². The maximum atomic E-state index is 11.5. The van der Waals surface area contributed by atoms with Crippen LogP contribution in [0.3, 0.4) is 0 Å². The Hall–Kier alpha value is -1.04. The van der Waals surface area contributed by atoms with E-state index in [9.17, 15) is 4.79 Å². The van der Waals surface area contributed by atoms with Gasteiger partial charge in [-0.25, -0.2) is 0 Å². The van der Waals surface area contributed by atoms with Crippen LogP contribution in [0.1, 0.15) is 12.0 Å². The fourth-order valence-corrected chi connectivity index (χ4v) is 2.49. The second kappa shape index (κ2) is 7.67. The van der Waals surface area contributed by atoms with Gasteiger partial charge < -0.3 is 10.2 Å². The molecule has 0 spiro atoms. The highest BCUT2D eigenvalue weighted by Gasteiger charge is 2.13. The average molecular weight is 293 g/mol. The van der Waals surface area contributed by atoms with E-state index in [-0.39, 0.29) is 5.91 Å². The van der Waals surface area contributed by atoms with Crippen LogP contribution in [0.5, 0.6) is 0 Å². The number of carbonyl (C=O) groups is 1. The van der Waals surface area contributed by atoms with E-state index in [1.165, 1.54) is 5.56 Å². The number of benzene rings is 1. The van der Waals surface area contributed by atoms with Gasteiger partial charge in [0.2, 0.25) is 5.91 Å². The number of nitrogens with one attached hydrogen (secondary N) is 1. The minimum atomic E-state index is 0.0202. The van der Waals surface area contributed by atoms with Gasteiger partial charge in [0.1, 0.15) is 0 Å². The molecule has 0 saturated carbocycles. The first-order valence-electron chi connectivity index (χ1n) is 7.08. The molecule has 1 aliphatic rings. The molecule has 1 fully saturated rings. The third kappa shape index (κ3) is 4.81. The van der Waals surface area contributed by atoms with Crippen LogP contribution < -0.4 is 5.32 Å². The molecule has 1 amide bonds. The summed E-state index contributed by atoms with van der Waals surface area (Å²) in [5.74, 6) is 0.597. The van der Waals surface area contributed by atoms with Crippen LogP contribution in [0, 0.1) is 0 Å². The number of nitrogens with zero attached hydrogens (tertiary/aromatic N) is 2. The van der Waals surface area contributed by atoms with Crippen LogP contribution in [0.15, 0.2) is 24.3 Å². The predicted octanol–water partition coefficient (Wildman–Crippen LogP) is 1.69. The third-order valence-electron chi connectivity index (χ3n) is 3.58. The van der Waals surface area contributed by atoms with Gasteiger partial charge in [0.15, 0.2) is 0 Å². The Balaban J connectivity index is 1.83. The highest BCUT2D eigenvalue weighted by molar-refractivity contribution is 7.80. The number of likely N-dealkylation sites (N-methyl/N-ethyl adjacent to an activating group) is 1. The van der Waals surface area contributed by atoms with Crippen molar-refractivity contribution in [2.45, 2.75) is 13.0 Å². The van der Waals surface area contributed by atoms with Crippen molar-refractivity contribution in [3.05, 3.63) is 29.8 Å². The molecule has 0 atom stereocenters. The monoisotopic (exact) mass is 293 g/mol. The number of hydrogen-bond acceptors (Lipinski definition) is 4. The van der Waals surface area contributed by atoms with Gasteiger partial charge >= 0.3 is 0 Å². The Morgan fingerprint density at radius 1 is 1.20 bits per heavy atom. The molecule has 5 heteroatoms. The van der Waals surface area contributed by atoms with Crippen molar-refractivity contribution in [1.29, 1.82) is 0 Å². The van der Waals surface area contributed by atoms with Crippen LogP contribution in [-0.4, -0.2) is 54.7 Å². The third-order valence-corrected chi connectivity index (χ3v) is 3.80. The highest BCUT2D eigenvalue weighted by atomic mass is 32.1. The van der Waals surface area contributed by atoms with E-state index in [1.54, 1.807) is 0 Å². The fourth-order valence-electron chi connectivity index (χ4n) is 2.28. The van der Waals surface area contributed by atoms with E-state index in [0.717, 1.165) is 38.4 Å². The van der Waals surface area contributed by atoms with Crippen molar-refractivity contribution < 1.29 is 4.79 Å². The lowest BCUT2D eigenvalue weighted by Gasteiger charge is -2.32. The largest absolute Gasteiger partial charge is 0.326 e. The Bertz CT molecular complexity index is 427. The number of anilines is 1. The van der Waals surface area contributed by atoms with E-state index < -0.39 is 0 Å². The quantitative estimate of drug-likeness (QED) is 0.811. The minimum Gasteiger partial charge on any atom is -0.326 e. The first kappa shape index (κ1) is 15.4. The molecule has 1 aliphatic heterocycles. The maximum absolute atomic E-state index is 11.5. The lowest BCUT2D eigenvalue weighted by molar-refractivity contribution is -0.115. The van der Waals surface area contributed by atoms with Crippen molar-refractivity contribution in [3.63, 3.8) is 0 Å². The lowest BCUT2D eigenvalue weighted by Crippen LogP contribution is -2.43. The second-order valence-electron chi connectivity index (χ2n) is 5.30. The normalized spacial score (nSPS) is 17.1. The number of thiol groups is 1. The number of piperazine rings is 1. The van der Waals surface area contributed by atoms with Gasteiger partial charge in [-0.3, -0.25) is 9.69 Å². The summed E-state index contributed by atoms with van der Waals surface area (Å²) in [6.07, 6.45) is 0.451. The molecule has 0 aliphatic carbocycles. The number of rotatable bonds is 5. The first-order valence-corrected chi connectivity index (χ1v) is 7.71. The summed E-state index contributed by atoms with van der Waals surface area (Å²) >= 11 is 4.05. The summed E-state index contributed by atoms with van der Waals surface area (Å²) < 4.78 is 0. The van der Waals surface area contributed by atoms with Gasteiger partial charge in [-0.05, 0) is 30.5 Å². The van der Waals surface area contributed by atoms with Crippen molar-refractivity contribution in [3.8, 4) is 0 Å². The summed E-state index contributed by atoms with van der Waals surface area (Å²) in [5, 5.41) is 2.87. The molecule has 110 valence electrons. The molecule has 0 aromatic heterocycles. The summed E-state index contributed by atoms with van der Waals surface area (Å²) in [5.41, 5.74) is 2.15. The molecule has 0 bridgehead atoms. The Morgan fingerprint density at radius 3 is 2.45 bits per heavy atom. The first-order chi connectivity index (χ1) is 9.67. The fraction of sp³-hybridized carbons (Fsp3) is 0.533. The smallest absolute Gasteiger partial charge is 0.225 e.